The van der Waals surface area contributed by atoms with Crippen LogP contribution in [0.15, 0.2) is 79.4 Å². The van der Waals surface area contributed by atoms with E-state index in [1.54, 1.807) is 10.9 Å². The van der Waals surface area contributed by atoms with Crippen LogP contribution in [0.3, 0.4) is 0 Å². The SMILES string of the molecule is Cn1ccc(-c2nc(N)c(NCC3CCCCC3)nc2-c2cc(Cl)c3ncc(Cn4ccc(-c5nc(N)c(NCCC6CCCC6)nc5-c5cc(Cl)c6ncccc6c5)n4)cc3c2)n1. The van der Waals surface area contributed by atoms with Gasteiger partial charge in [-0.25, -0.2) is 19.9 Å². The van der Waals surface area contributed by atoms with Gasteiger partial charge in [-0.1, -0.05) is 74.2 Å². The minimum Gasteiger partial charge on any atom is -0.381 e. The first-order chi connectivity index (χ1) is 31.2. The van der Waals surface area contributed by atoms with Crippen LogP contribution in [-0.4, -0.2) is 62.6 Å². The largest absolute Gasteiger partial charge is 0.381 e. The van der Waals surface area contributed by atoms with Crippen molar-refractivity contribution in [2.24, 2.45) is 18.9 Å². The van der Waals surface area contributed by atoms with Gasteiger partial charge in [-0.3, -0.25) is 19.3 Å². The number of aromatic nitrogens is 10. The lowest BCUT2D eigenvalue weighted by atomic mass is 9.89. The third kappa shape index (κ3) is 8.76. The molecule has 6 heterocycles. The summed E-state index contributed by atoms with van der Waals surface area (Å²) in [7, 11) is 1.87. The van der Waals surface area contributed by atoms with E-state index in [2.05, 4.69) is 26.8 Å². The van der Waals surface area contributed by atoms with Gasteiger partial charge in [0.05, 0.1) is 27.6 Å². The van der Waals surface area contributed by atoms with Gasteiger partial charge >= 0.3 is 0 Å². The molecule has 16 heteroatoms. The average molecular weight is 894 g/mol. The molecular formula is C48H50Cl2N14. The number of benzene rings is 2. The van der Waals surface area contributed by atoms with Crippen LogP contribution in [0.1, 0.15) is 69.8 Å². The highest BCUT2D eigenvalue weighted by Crippen LogP contribution is 2.38. The summed E-state index contributed by atoms with van der Waals surface area (Å²) in [4.78, 5) is 29.3. The predicted molar refractivity (Wildman–Crippen MR) is 257 cm³/mol. The molecule has 0 unspecified atom stereocenters. The van der Waals surface area contributed by atoms with Gasteiger partial charge in [0.25, 0.3) is 0 Å². The Morgan fingerprint density at radius 3 is 1.98 bits per heavy atom. The van der Waals surface area contributed by atoms with Gasteiger partial charge in [0.15, 0.2) is 23.3 Å². The van der Waals surface area contributed by atoms with Crippen molar-refractivity contribution in [2.45, 2.75) is 70.8 Å². The lowest BCUT2D eigenvalue weighted by Crippen LogP contribution is -2.19. The van der Waals surface area contributed by atoms with Gasteiger partial charge in [0, 0.05) is 66.8 Å². The molecule has 2 aliphatic carbocycles. The van der Waals surface area contributed by atoms with E-state index in [0.717, 1.165) is 58.4 Å². The van der Waals surface area contributed by atoms with Crippen molar-refractivity contribution >= 4 is 68.3 Å². The van der Waals surface area contributed by atoms with Crippen LogP contribution in [0.4, 0.5) is 23.3 Å². The van der Waals surface area contributed by atoms with Crippen LogP contribution in [-0.2, 0) is 13.6 Å². The Morgan fingerprint density at radius 1 is 0.656 bits per heavy atom. The lowest BCUT2D eigenvalue weighted by molar-refractivity contribution is 0.373. The molecule has 0 radical (unpaired) electrons. The van der Waals surface area contributed by atoms with Crippen LogP contribution in [0.5, 0.6) is 0 Å². The van der Waals surface area contributed by atoms with E-state index in [0.29, 0.717) is 85.5 Å². The number of nitrogens with zero attached hydrogens (tertiary/aromatic N) is 10. The number of fused-ring (bicyclic) bond motifs is 2. The van der Waals surface area contributed by atoms with E-state index in [4.69, 9.17) is 64.7 Å². The maximum Gasteiger partial charge on any atom is 0.169 e. The third-order valence-corrected chi connectivity index (χ3v) is 13.2. The maximum atomic E-state index is 6.99. The molecule has 8 aromatic rings. The quantitative estimate of drug-likeness (QED) is 0.0858. The summed E-state index contributed by atoms with van der Waals surface area (Å²) < 4.78 is 3.59. The first-order valence-corrected chi connectivity index (χ1v) is 23.0. The molecule has 0 saturated heterocycles. The molecule has 0 aliphatic heterocycles. The molecule has 2 aromatic carbocycles. The summed E-state index contributed by atoms with van der Waals surface area (Å²) in [5, 5.41) is 19.4. The van der Waals surface area contributed by atoms with Gasteiger partial charge in [-0.15, -0.1) is 0 Å². The fourth-order valence-electron chi connectivity index (χ4n) is 9.31. The molecule has 2 aliphatic rings. The molecule has 0 spiro atoms. The summed E-state index contributed by atoms with van der Waals surface area (Å²) >= 11 is 13.8. The summed E-state index contributed by atoms with van der Waals surface area (Å²) in [6, 6.07) is 17.6. The molecule has 0 bridgehead atoms. The zero-order valence-corrected chi connectivity index (χ0v) is 37.2. The van der Waals surface area contributed by atoms with E-state index in [1.807, 2.05) is 78.9 Å². The standard InChI is InChI=1S/C48H50Cl2N14/c1-63-18-14-37(61-63)43-42(60-48(46(52)57-43)56-25-29-10-3-2-4-11-29)34-22-32-20-30(26-55-40(32)36(50)24-34)27-64-19-15-38(62-64)44-41(33-21-31-12-7-16-53-39(31)35(49)23-33)59-47(45(51)58-44)54-17-13-28-8-5-6-9-28/h7,12,14-16,18-24,26,28-29H,2-6,8-11,13,17,25,27H2,1H3,(H2,51,58)(H2,52,57)(H,54,59)(H,56,60). The summed E-state index contributed by atoms with van der Waals surface area (Å²) in [5.41, 5.74) is 20.7. The lowest BCUT2D eigenvalue weighted by Gasteiger charge is -2.22. The Bertz CT molecular complexity index is 2990. The van der Waals surface area contributed by atoms with Crippen molar-refractivity contribution in [3.63, 3.8) is 0 Å². The second kappa shape index (κ2) is 18.0. The third-order valence-electron chi connectivity index (χ3n) is 12.6. The zero-order chi connectivity index (χ0) is 43.7. The van der Waals surface area contributed by atoms with Crippen molar-refractivity contribution in [2.75, 3.05) is 35.2 Å². The number of hydrogen-bond acceptors (Lipinski definition) is 12. The van der Waals surface area contributed by atoms with Gasteiger partial charge in [-0.05, 0) is 85.2 Å². The van der Waals surface area contributed by atoms with Gasteiger partial charge in [0.1, 0.15) is 34.2 Å². The van der Waals surface area contributed by atoms with Crippen LogP contribution in [0.25, 0.3) is 67.1 Å². The smallest absolute Gasteiger partial charge is 0.169 e. The molecule has 6 aromatic heterocycles. The van der Waals surface area contributed by atoms with E-state index in [1.165, 1.54) is 57.8 Å². The first-order valence-electron chi connectivity index (χ1n) is 22.2. The number of hydrogen-bond donors (Lipinski definition) is 4. The minimum absolute atomic E-state index is 0.309. The van der Waals surface area contributed by atoms with Gasteiger partial charge in [0.2, 0.25) is 0 Å². The molecule has 0 atom stereocenters. The van der Waals surface area contributed by atoms with Crippen molar-refractivity contribution in [3.05, 3.63) is 95.0 Å². The molecule has 0 amide bonds. The normalized spacial score (nSPS) is 14.8. The van der Waals surface area contributed by atoms with E-state index in [9.17, 15) is 0 Å². The molecule has 2 fully saturated rings. The average Bonchev–Trinajstić information content (AvgIpc) is 4.10. The van der Waals surface area contributed by atoms with Crippen molar-refractivity contribution in [1.29, 1.82) is 0 Å². The highest BCUT2D eigenvalue weighted by Gasteiger charge is 2.23. The minimum atomic E-state index is 0.309. The molecule has 6 N–H and O–H groups in total. The van der Waals surface area contributed by atoms with Crippen LogP contribution >= 0.6 is 23.2 Å². The summed E-state index contributed by atoms with van der Waals surface area (Å²) in [6.07, 6.45) is 19.8. The van der Waals surface area contributed by atoms with Crippen molar-refractivity contribution < 1.29 is 0 Å². The zero-order valence-electron chi connectivity index (χ0n) is 35.7. The van der Waals surface area contributed by atoms with Gasteiger partial charge < -0.3 is 22.1 Å². The Balaban J connectivity index is 0.967. The number of pyridine rings is 2. The summed E-state index contributed by atoms with van der Waals surface area (Å²) in [5.74, 6) is 3.04. The number of aryl methyl sites for hydroxylation is 1. The molecule has 14 nitrogen and oxygen atoms in total. The molecular weight excluding hydrogens is 844 g/mol. The predicted octanol–water partition coefficient (Wildman–Crippen LogP) is 10.5. The van der Waals surface area contributed by atoms with E-state index >= 15 is 0 Å². The molecule has 326 valence electrons. The first kappa shape index (κ1) is 41.6. The number of nitrogens with one attached hydrogen (secondary N) is 2. The Kier molecular flexibility index (Phi) is 11.7. The molecule has 64 heavy (non-hydrogen) atoms. The Labute approximate surface area is 381 Å². The van der Waals surface area contributed by atoms with Crippen molar-refractivity contribution in [3.8, 4) is 45.3 Å². The number of halogens is 2. The fourth-order valence-corrected chi connectivity index (χ4v) is 9.86. The second-order valence-corrected chi connectivity index (χ2v) is 18.1. The fraction of sp³-hybridized carbons (Fsp3) is 0.333. The number of anilines is 4. The van der Waals surface area contributed by atoms with E-state index in [-0.39, 0.29) is 0 Å². The number of nitrogens with two attached hydrogens (primary N) is 2. The van der Waals surface area contributed by atoms with Gasteiger partial charge in [-0.2, -0.15) is 10.2 Å². The van der Waals surface area contributed by atoms with Crippen molar-refractivity contribution in [1.82, 2.24) is 49.5 Å². The Hall–Kier alpha value is -6.38. The highest BCUT2D eigenvalue weighted by atomic mass is 35.5. The van der Waals surface area contributed by atoms with Crippen LogP contribution < -0.4 is 22.1 Å². The maximum absolute atomic E-state index is 6.99. The topological polar surface area (TPSA) is 189 Å². The number of nitrogen functional groups attached to an aromatic ring is 2. The monoisotopic (exact) mass is 892 g/mol. The van der Waals surface area contributed by atoms with E-state index < -0.39 is 0 Å². The molecule has 2 saturated carbocycles. The Morgan fingerprint density at radius 2 is 1.28 bits per heavy atom. The second-order valence-electron chi connectivity index (χ2n) is 17.2. The highest BCUT2D eigenvalue weighted by molar-refractivity contribution is 6.36. The summed E-state index contributed by atoms with van der Waals surface area (Å²) in [6.45, 7) is 1.98. The number of rotatable bonds is 13. The van der Waals surface area contributed by atoms with Crippen LogP contribution in [0, 0.1) is 11.8 Å². The molecule has 10 rings (SSSR count). The van der Waals surface area contributed by atoms with Crippen LogP contribution in [0.2, 0.25) is 10.0 Å².